The van der Waals surface area contributed by atoms with E-state index in [9.17, 15) is 9.59 Å². The first kappa shape index (κ1) is 21.5. The van der Waals surface area contributed by atoms with E-state index >= 15 is 0 Å². The highest BCUT2D eigenvalue weighted by Crippen LogP contribution is 2.17. The fourth-order valence-electron chi connectivity index (χ4n) is 2.51. The van der Waals surface area contributed by atoms with Gasteiger partial charge in [0.1, 0.15) is 11.5 Å². The standard InChI is InChI=1S/C23H28O5/c1-3-5-6-7-17-26-20-12-8-19(9-13-20)23(25)28-21-14-10-18(11-15-21)22(24)27-16-4-2/h8-15H,3-7,16-17H2,1-2H3. The van der Waals surface area contributed by atoms with Crippen molar-refractivity contribution in [3.05, 3.63) is 59.7 Å². The molecule has 0 N–H and O–H groups in total. The molecule has 0 radical (unpaired) electrons. The largest absolute Gasteiger partial charge is 0.494 e. The maximum absolute atomic E-state index is 12.3. The lowest BCUT2D eigenvalue weighted by atomic mass is 10.2. The first-order valence-electron chi connectivity index (χ1n) is 9.86. The van der Waals surface area contributed by atoms with Crippen LogP contribution in [0.3, 0.4) is 0 Å². The Bertz CT molecular complexity index is 735. The molecule has 0 fully saturated rings. The smallest absolute Gasteiger partial charge is 0.343 e. The van der Waals surface area contributed by atoms with Crippen LogP contribution in [0.2, 0.25) is 0 Å². The molecule has 0 aliphatic carbocycles. The van der Waals surface area contributed by atoms with E-state index in [4.69, 9.17) is 14.2 Å². The SMILES string of the molecule is CCCCCCOc1ccc(C(=O)Oc2ccc(C(=O)OCCC)cc2)cc1. The summed E-state index contributed by atoms with van der Waals surface area (Å²) >= 11 is 0. The molecule has 0 bridgehead atoms. The van der Waals surface area contributed by atoms with Crippen LogP contribution < -0.4 is 9.47 Å². The number of carbonyl (C=O) groups excluding carboxylic acids is 2. The molecule has 0 aliphatic rings. The molecule has 0 spiro atoms. The van der Waals surface area contributed by atoms with Crippen molar-refractivity contribution in [1.82, 2.24) is 0 Å². The average molecular weight is 384 g/mol. The Balaban J connectivity index is 1.84. The second kappa shape index (κ2) is 11.8. The monoisotopic (exact) mass is 384 g/mol. The van der Waals surface area contributed by atoms with Crippen molar-refractivity contribution in [2.75, 3.05) is 13.2 Å². The molecule has 0 aromatic heterocycles. The Hall–Kier alpha value is -2.82. The van der Waals surface area contributed by atoms with Crippen molar-refractivity contribution < 1.29 is 23.8 Å². The van der Waals surface area contributed by atoms with Gasteiger partial charge in [0.05, 0.1) is 24.3 Å². The van der Waals surface area contributed by atoms with Gasteiger partial charge in [-0.3, -0.25) is 0 Å². The van der Waals surface area contributed by atoms with Crippen molar-refractivity contribution in [2.24, 2.45) is 0 Å². The van der Waals surface area contributed by atoms with Gasteiger partial charge in [-0.1, -0.05) is 33.1 Å². The second-order valence-corrected chi connectivity index (χ2v) is 6.48. The molecule has 0 aliphatic heterocycles. The summed E-state index contributed by atoms with van der Waals surface area (Å²) in [7, 11) is 0. The summed E-state index contributed by atoms with van der Waals surface area (Å²) in [5, 5.41) is 0. The zero-order valence-electron chi connectivity index (χ0n) is 16.6. The lowest BCUT2D eigenvalue weighted by Crippen LogP contribution is -2.09. The van der Waals surface area contributed by atoms with Crippen LogP contribution in [0.1, 0.15) is 66.7 Å². The molecule has 2 aromatic rings. The molecular weight excluding hydrogens is 356 g/mol. The van der Waals surface area contributed by atoms with Crippen LogP contribution in [0.4, 0.5) is 0 Å². The van der Waals surface area contributed by atoms with Crippen LogP contribution in [0.5, 0.6) is 11.5 Å². The minimum absolute atomic E-state index is 0.369. The highest BCUT2D eigenvalue weighted by atomic mass is 16.5. The lowest BCUT2D eigenvalue weighted by Gasteiger charge is -2.08. The third-order valence-electron chi connectivity index (χ3n) is 4.09. The normalized spacial score (nSPS) is 10.4. The van der Waals surface area contributed by atoms with Gasteiger partial charge in [-0.15, -0.1) is 0 Å². The maximum Gasteiger partial charge on any atom is 0.343 e. The Morgan fingerprint density at radius 2 is 1.29 bits per heavy atom. The Morgan fingerprint density at radius 1 is 0.679 bits per heavy atom. The van der Waals surface area contributed by atoms with E-state index in [2.05, 4.69) is 6.92 Å². The van der Waals surface area contributed by atoms with Gasteiger partial charge in [-0.25, -0.2) is 9.59 Å². The molecule has 150 valence electrons. The van der Waals surface area contributed by atoms with E-state index < -0.39 is 5.97 Å². The fraction of sp³-hybridized carbons (Fsp3) is 0.391. The molecule has 5 nitrogen and oxygen atoms in total. The number of unbranched alkanes of at least 4 members (excludes halogenated alkanes) is 3. The summed E-state index contributed by atoms with van der Waals surface area (Å²) in [6, 6.07) is 13.2. The van der Waals surface area contributed by atoms with Crippen molar-refractivity contribution in [3.8, 4) is 11.5 Å². The highest BCUT2D eigenvalue weighted by molar-refractivity contribution is 5.92. The predicted octanol–water partition coefficient (Wildman–Crippen LogP) is 5.43. The van der Waals surface area contributed by atoms with E-state index in [1.165, 1.54) is 12.8 Å². The quantitative estimate of drug-likeness (QED) is 0.294. The number of hydrogen-bond donors (Lipinski definition) is 0. The lowest BCUT2D eigenvalue weighted by molar-refractivity contribution is 0.0505. The predicted molar refractivity (Wildman–Crippen MR) is 108 cm³/mol. The Kier molecular flexibility index (Phi) is 9.05. The van der Waals surface area contributed by atoms with Crippen LogP contribution >= 0.6 is 0 Å². The number of ether oxygens (including phenoxy) is 3. The first-order chi connectivity index (χ1) is 13.6. The van der Waals surface area contributed by atoms with Crippen molar-refractivity contribution in [1.29, 1.82) is 0 Å². The molecule has 2 aromatic carbocycles. The summed E-state index contributed by atoms with van der Waals surface area (Å²) in [6.45, 7) is 5.17. The number of carbonyl (C=O) groups is 2. The number of rotatable bonds is 11. The third-order valence-corrected chi connectivity index (χ3v) is 4.09. The van der Waals surface area contributed by atoms with E-state index in [-0.39, 0.29) is 5.97 Å². The van der Waals surface area contributed by atoms with Crippen LogP contribution in [0.25, 0.3) is 0 Å². The average Bonchev–Trinajstić information content (AvgIpc) is 2.72. The van der Waals surface area contributed by atoms with Gasteiger partial charge in [0.2, 0.25) is 0 Å². The summed E-state index contributed by atoms with van der Waals surface area (Å²) in [5.74, 6) is 0.261. The van der Waals surface area contributed by atoms with E-state index in [0.717, 1.165) is 25.0 Å². The number of hydrogen-bond acceptors (Lipinski definition) is 5. The minimum atomic E-state index is -0.462. The van der Waals surface area contributed by atoms with Gasteiger partial charge in [-0.2, -0.15) is 0 Å². The molecule has 0 saturated heterocycles. The molecule has 28 heavy (non-hydrogen) atoms. The first-order valence-corrected chi connectivity index (χ1v) is 9.86. The summed E-state index contributed by atoms with van der Waals surface area (Å²) < 4.78 is 16.1. The molecule has 0 atom stereocenters. The molecular formula is C23H28O5. The van der Waals surface area contributed by atoms with Gasteiger partial charge in [0.25, 0.3) is 0 Å². The summed E-state index contributed by atoms with van der Waals surface area (Å²) in [4.78, 5) is 24.0. The molecule has 0 heterocycles. The van der Waals surface area contributed by atoms with Gasteiger partial charge in [-0.05, 0) is 61.4 Å². The van der Waals surface area contributed by atoms with Gasteiger partial charge in [0, 0.05) is 0 Å². The van der Waals surface area contributed by atoms with E-state index in [1.54, 1.807) is 48.5 Å². The van der Waals surface area contributed by atoms with E-state index in [0.29, 0.717) is 30.1 Å². The Labute approximate surface area is 166 Å². The van der Waals surface area contributed by atoms with Gasteiger partial charge >= 0.3 is 11.9 Å². The van der Waals surface area contributed by atoms with Crippen LogP contribution in [-0.4, -0.2) is 25.2 Å². The van der Waals surface area contributed by atoms with Crippen LogP contribution in [0.15, 0.2) is 48.5 Å². The fourth-order valence-corrected chi connectivity index (χ4v) is 2.51. The highest BCUT2D eigenvalue weighted by Gasteiger charge is 2.11. The topological polar surface area (TPSA) is 61.8 Å². The third kappa shape index (κ3) is 7.06. The van der Waals surface area contributed by atoms with Crippen molar-refractivity contribution in [3.63, 3.8) is 0 Å². The molecule has 2 rings (SSSR count). The molecule has 5 heteroatoms. The van der Waals surface area contributed by atoms with E-state index in [1.807, 2.05) is 6.92 Å². The van der Waals surface area contributed by atoms with Crippen molar-refractivity contribution >= 4 is 11.9 Å². The Morgan fingerprint density at radius 3 is 1.89 bits per heavy atom. The van der Waals surface area contributed by atoms with Crippen LogP contribution in [-0.2, 0) is 4.74 Å². The number of esters is 2. The molecule has 0 amide bonds. The summed E-state index contributed by atoms with van der Waals surface area (Å²) in [6.07, 6.45) is 5.37. The molecule has 0 saturated carbocycles. The van der Waals surface area contributed by atoms with Gasteiger partial charge < -0.3 is 14.2 Å². The maximum atomic E-state index is 12.3. The summed E-state index contributed by atoms with van der Waals surface area (Å²) in [5.41, 5.74) is 0.860. The number of benzene rings is 2. The van der Waals surface area contributed by atoms with Crippen molar-refractivity contribution in [2.45, 2.75) is 46.0 Å². The molecule has 0 unspecified atom stereocenters. The van der Waals surface area contributed by atoms with Crippen LogP contribution in [0, 0.1) is 0 Å². The van der Waals surface area contributed by atoms with Gasteiger partial charge in [0.15, 0.2) is 0 Å². The minimum Gasteiger partial charge on any atom is -0.494 e. The second-order valence-electron chi connectivity index (χ2n) is 6.48. The zero-order valence-corrected chi connectivity index (χ0v) is 16.6. The zero-order chi connectivity index (χ0) is 20.2.